The zero-order valence-corrected chi connectivity index (χ0v) is 14.8. The minimum Gasteiger partial charge on any atom is -0.432 e. The molecule has 0 saturated carbocycles. The molecule has 1 unspecified atom stereocenters. The fraction of sp³-hybridized carbons (Fsp3) is 0.556. The molecule has 0 radical (unpaired) electrons. The lowest BCUT2D eigenvalue weighted by Crippen LogP contribution is -2.16. The number of hydrogen-bond donors (Lipinski definition) is 0. The highest BCUT2D eigenvalue weighted by Crippen LogP contribution is 2.13. The Labute approximate surface area is 142 Å². The molecule has 1 rings (SSSR count). The third kappa shape index (κ3) is 7.46. The van der Waals surface area contributed by atoms with Crippen LogP contribution >= 0.6 is 0 Å². The van der Waals surface area contributed by atoms with E-state index in [-0.39, 0.29) is 12.5 Å². The Bertz CT molecular complexity index is 520. The summed E-state index contributed by atoms with van der Waals surface area (Å²) in [5, 5.41) is 4.21. The molecule has 0 aliphatic heterocycles. The van der Waals surface area contributed by atoms with Gasteiger partial charge in [-0.15, -0.1) is 0 Å². The number of ether oxygens (including phenoxy) is 1. The van der Waals surface area contributed by atoms with E-state index in [1.807, 2.05) is 26.8 Å². The van der Waals surface area contributed by atoms with Crippen LogP contribution in [-0.4, -0.2) is 18.7 Å². The van der Waals surface area contributed by atoms with Crippen LogP contribution < -0.4 is 0 Å². The standard InChI is InChI=1S/C18H26O6/c1-5-7-8-15(6-2)12-21-18(20)23-24-22-17(19)16-10-13(3)9-14(4)11-16/h9-11,15H,5-8,12H2,1-4H3. The highest BCUT2D eigenvalue weighted by atomic mass is 17.5. The molecule has 0 N–H and O–H groups in total. The van der Waals surface area contributed by atoms with Gasteiger partial charge in [0.15, 0.2) is 0 Å². The summed E-state index contributed by atoms with van der Waals surface area (Å²) in [6.07, 6.45) is 3.05. The van der Waals surface area contributed by atoms with Crippen molar-refractivity contribution >= 4 is 12.1 Å². The molecular formula is C18H26O6. The Balaban J connectivity index is 2.30. The highest BCUT2D eigenvalue weighted by Gasteiger charge is 2.14. The number of hydrogen-bond acceptors (Lipinski definition) is 6. The van der Waals surface area contributed by atoms with Crippen molar-refractivity contribution < 1.29 is 29.1 Å². The van der Waals surface area contributed by atoms with Crippen LogP contribution in [0.4, 0.5) is 4.79 Å². The van der Waals surface area contributed by atoms with Crippen LogP contribution in [0.1, 0.15) is 61.0 Å². The predicted octanol–water partition coefficient (Wildman–Crippen LogP) is 4.68. The molecule has 0 bridgehead atoms. The van der Waals surface area contributed by atoms with Crippen molar-refractivity contribution in [3.63, 3.8) is 0 Å². The van der Waals surface area contributed by atoms with E-state index < -0.39 is 12.1 Å². The Morgan fingerprint density at radius 2 is 1.71 bits per heavy atom. The molecule has 1 atom stereocenters. The van der Waals surface area contributed by atoms with Crippen LogP contribution in [0.25, 0.3) is 0 Å². The first-order chi connectivity index (χ1) is 11.5. The van der Waals surface area contributed by atoms with Crippen molar-refractivity contribution in [1.29, 1.82) is 0 Å². The van der Waals surface area contributed by atoms with Gasteiger partial charge in [0.25, 0.3) is 0 Å². The van der Waals surface area contributed by atoms with Crippen LogP contribution in [0.5, 0.6) is 0 Å². The molecule has 134 valence electrons. The molecule has 0 spiro atoms. The third-order valence-electron chi connectivity index (χ3n) is 3.65. The van der Waals surface area contributed by atoms with Gasteiger partial charge < -0.3 is 4.74 Å². The maximum absolute atomic E-state index is 11.8. The Morgan fingerprint density at radius 1 is 1.04 bits per heavy atom. The van der Waals surface area contributed by atoms with Crippen molar-refractivity contribution in [2.24, 2.45) is 5.92 Å². The number of carbonyl (C=O) groups excluding carboxylic acids is 2. The summed E-state index contributed by atoms with van der Waals surface area (Å²) in [6, 6.07) is 5.22. The van der Waals surface area contributed by atoms with Crippen LogP contribution in [0, 0.1) is 19.8 Å². The van der Waals surface area contributed by atoms with Gasteiger partial charge in [-0.2, -0.15) is 0 Å². The SMILES string of the molecule is CCCCC(CC)COC(=O)OOOC(=O)c1cc(C)cc(C)c1. The maximum atomic E-state index is 11.8. The van der Waals surface area contributed by atoms with Crippen LogP contribution in [0.3, 0.4) is 0 Å². The van der Waals surface area contributed by atoms with Crippen molar-refractivity contribution in [2.75, 3.05) is 6.61 Å². The average Bonchev–Trinajstić information content (AvgIpc) is 2.54. The smallest absolute Gasteiger partial charge is 0.432 e. The van der Waals surface area contributed by atoms with Crippen molar-refractivity contribution in [3.05, 3.63) is 34.9 Å². The first-order valence-electron chi connectivity index (χ1n) is 8.26. The second-order valence-electron chi connectivity index (χ2n) is 5.88. The van der Waals surface area contributed by atoms with E-state index in [0.29, 0.717) is 5.56 Å². The zero-order valence-electron chi connectivity index (χ0n) is 14.8. The van der Waals surface area contributed by atoms with Crippen molar-refractivity contribution in [1.82, 2.24) is 0 Å². The second kappa shape index (κ2) is 10.6. The zero-order chi connectivity index (χ0) is 17.9. The van der Waals surface area contributed by atoms with Gasteiger partial charge >= 0.3 is 12.1 Å². The van der Waals surface area contributed by atoms with Gasteiger partial charge in [0.05, 0.1) is 17.2 Å². The van der Waals surface area contributed by atoms with Gasteiger partial charge in [-0.3, -0.25) is 4.89 Å². The molecule has 0 aliphatic rings. The fourth-order valence-corrected chi connectivity index (χ4v) is 2.32. The molecule has 6 nitrogen and oxygen atoms in total. The third-order valence-corrected chi connectivity index (χ3v) is 3.65. The molecule has 1 aromatic rings. The van der Waals surface area contributed by atoms with E-state index in [0.717, 1.165) is 36.8 Å². The number of unbranched alkanes of at least 4 members (excludes halogenated alkanes) is 1. The van der Waals surface area contributed by atoms with Gasteiger partial charge in [-0.05, 0) is 38.3 Å². The van der Waals surface area contributed by atoms with Gasteiger partial charge in [0.1, 0.15) is 0 Å². The molecule has 0 aromatic heterocycles. The topological polar surface area (TPSA) is 71.1 Å². The second-order valence-corrected chi connectivity index (χ2v) is 5.88. The molecule has 24 heavy (non-hydrogen) atoms. The molecule has 0 heterocycles. The highest BCUT2D eigenvalue weighted by molar-refractivity contribution is 5.89. The average molecular weight is 338 g/mol. The van der Waals surface area contributed by atoms with Gasteiger partial charge in [0.2, 0.25) is 0 Å². The Kier molecular flexibility index (Phi) is 8.86. The Hall–Kier alpha value is -2.08. The number of rotatable bonds is 9. The van der Waals surface area contributed by atoms with Crippen LogP contribution in [-0.2, 0) is 19.6 Å². The van der Waals surface area contributed by atoms with Gasteiger partial charge in [-0.25, -0.2) is 14.5 Å². The number of benzene rings is 1. The van der Waals surface area contributed by atoms with E-state index >= 15 is 0 Å². The molecule has 1 aromatic carbocycles. The van der Waals surface area contributed by atoms with E-state index in [9.17, 15) is 9.59 Å². The number of carbonyl (C=O) groups is 2. The summed E-state index contributed by atoms with van der Waals surface area (Å²) in [5.74, 6) is -0.459. The quantitative estimate of drug-likeness (QED) is 0.370. The number of aryl methyl sites for hydroxylation is 2. The Morgan fingerprint density at radius 3 is 2.29 bits per heavy atom. The lowest BCUT2D eigenvalue weighted by Gasteiger charge is -2.13. The van der Waals surface area contributed by atoms with E-state index in [1.54, 1.807) is 12.1 Å². The van der Waals surface area contributed by atoms with Crippen LogP contribution in [0.2, 0.25) is 0 Å². The summed E-state index contributed by atoms with van der Waals surface area (Å²) >= 11 is 0. The van der Waals surface area contributed by atoms with Gasteiger partial charge in [-0.1, -0.05) is 50.3 Å². The summed E-state index contributed by atoms with van der Waals surface area (Å²) in [4.78, 5) is 31.9. The first-order valence-corrected chi connectivity index (χ1v) is 8.26. The van der Waals surface area contributed by atoms with Crippen molar-refractivity contribution in [2.45, 2.75) is 53.4 Å². The van der Waals surface area contributed by atoms with E-state index in [2.05, 4.69) is 21.7 Å². The minimum absolute atomic E-state index is 0.254. The van der Waals surface area contributed by atoms with Crippen LogP contribution in [0.15, 0.2) is 18.2 Å². The molecule has 6 heteroatoms. The molecule has 0 aliphatic carbocycles. The van der Waals surface area contributed by atoms with Crippen molar-refractivity contribution in [3.8, 4) is 0 Å². The molecule has 0 amide bonds. The predicted molar refractivity (Wildman–Crippen MR) is 88.2 cm³/mol. The molecule has 0 fully saturated rings. The van der Waals surface area contributed by atoms with Gasteiger partial charge in [0, 0.05) is 0 Å². The normalized spacial score (nSPS) is 11.7. The molecule has 0 saturated heterocycles. The maximum Gasteiger partial charge on any atom is 0.543 e. The lowest BCUT2D eigenvalue weighted by molar-refractivity contribution is -0.452. The lowest BCUT2D eigenvalue weighted by atomic mass is 10.0. The summed E-state index contributed by atoms with van der Waals surface area (Å²) in [5.41, 5.74) is 2.15. The summed E-state index contributed by atoms with van der Waals surface area (Å²) < 4.78 is 4.94. The first kappa shape index (κ1) is 20.0. The monoisotopic (exact) mass is 338 g/mol. The fourth-order valence-electron chi connectivity index (χ4n) is 2.32. The van der Waals surface area contributed by atoms with E-state index in [4.69, 9.17) is 4.74 Å². The van der Waals surface area contributed by atoms with E-state index in [1.165, 1.54) is 0 Å². The summed E-state index contributed by atoms with van der Waals surface area (Å²) in [7, 11) is 0. The minimum atomic E-state index is -1.03. The largest absolute Gasteiger partial charge is 0.543 e. The summed E-state index contributed by atoms with van der Waals surface area (Å²) in [6.45, 7) is 8.13. The molecular weight excluding hydrogens is 312 g/mol.